The summed E-state index contributed by atoms with van der Waals surface area (Å²) in [5, 5.41) is 8.67. The quantitative estimate of drug-likeness (QED) is 0.630. The largest absolute Gasteiger partial charge is 0.612 e. The Morgan fingerprint density at radius 2 is 1.93 bits per heavy atom. The highest BCUT2D eigenvalue weighted by molar-refractivity contribution is 7.90. The van der Waals surface area contributed by atoms with Crippen molar-refractivity contribution < 1.29 is 14.5 Å². The minimum Gasteiger partial charge on any atom is -0.612 e. The van der Waals surface area contributed by atoms with E-state index in [0.29, 0.717) is 0 Å². The van der Waals surface area contributed by atoms with Crippen molar-refractivity contribution in [1.82, 2.24) is 0 Å². The maximum atomic E-state index is 11.1. The van der Waals surface area contributed by atoms with Gasteiger partial charge in [0, 0.05) is 5.57 Å². The molecule has 0 aliphatic carbocycles. The van der Waals surface area contributed by atoms with E-state index in [1.54, 1.807) is 36.6 Å². The lowest BCUT2D eigenvalue weighted by molar-refractivity contribution is -0.132. The Bertz CT molecular complexity index is 379. The van der Waals surface area contributed by atoms with Crippen molar-refractivity contribution in [2.75, 3.05) is 6.26 Å². The topological polar surface area (TPSA) is 60.4 Å². The molecule has 0 heterocycles. The van der Waals surface area contributed by atoms with E-state index in [1.165, 1.54) is 6.92 Å². The summed E-state index contributed by atoms with van der Waals surface area (Å²) >= 11 is -0.996. The summed E-state index contributed by atoms with van der Waals surface area (Å²) in [5.41, 5.74) is 1.07. The first-order valence-corrected chi connectivity index (χ1v) is 5.91. The number of aliphatic carboxylic acids is 1. The Balaban J connectivity index is 2.90. The van der Waals surface area contributed by atoms with Gasteiger partial charge in [-0.3, -0.25) is 0 Å². The molecule has 4 heteroatoms. The number of hydrogen-bond acceptors (Lipinski definition) is 2. The maximum absolute atomic E-state index is 11.1. The van der Waals surface area contributed by atoms with E-state index in [1.807, 2.05) is 0 Å². The van der Waals surface area contributed by atoms with E-state index in [-0.39, 0.29) is 5.57 Å². The SMILES string of the molecule is CC(=Cc1ccc([S+](C)[O-])cc1)C(=O)O. The average Bonchev–Trinajstić information content (AvgIpc) is 2.18. The normalized spacial score (nSPS) is 13.7. The molecule has 0 fully saturated rings. The molecule has 0 aliphatic heterocycles. The van der Waals surface area contributed by atoms with Crippen molar-refractivity contribution in [3.05, 3.63) is 35.4 Å². The minimum absolute atomic E-state index is 0.278. The third kappa shape index (κ3) is 3.42. The molecule has 1 atom stereocenters. The van der Waals surface area contributed by atoms with Gasteiger partial charge in [0.25, 0.3) is 0 Å². The summed E-state index contributed by atoms with van der Waals surface area (Å²) < 4.78 is 11.1. The van der Waals surface area contributed by atoms with Gasteiger partial charge in [-0.15, -0.1) is 0 Å². The highest BCUT2D eigenvalue weighted by Gasteiger charge is 2.03. The zero-order chi connectivity index (χ0) is 11.4. The van der Waals surface area contributed by atoms with Gasteiger partial charge >= 0.3 is 5.97 Å². The summed E-state index contributed by atoms with van der Waals surface area (Å²) in [6.07, 6.45) is 3.18. The van der Waals surface area contributed by atoms with Gasteiger partial charge in [0.05, 0.1) is 0 Å². The van der Waals surface area contributed by atoms with Gasteiger partial charge in [-0.2, -0.15) is 0 Å². The lowest BCUT2D eigenvalue weighted by atomic mass is 10.1. The average molecular weight is 224 g/mol. The predicted molar refractivity (Wildman–Crippen MR) is 60.1 cm³/mol. The number of benzene rings is 1. The highest BCUT2D eigenvalue weighted by Crippen LogP contribution is 2.12. The fraction of sp³-hybridized carbons (Fsp3) is 0.182. The van der Waals surface area contributed by atoms with Crippen molar-refractivity contribution in [3.8, 4) is 0 Å². The molecule has 0 aliphatic rings. The van der Waals surface area contributed by atoms with Crippen LogP contribution in [0.4, 0.5) is 0 Å². The molecule has 3 nitrogen and oxygen atoms in total. The molecule has 0 bridgehead atoms. The van der Waals surface area contributed by atoms with E-state index in [2.05, 4.69) is 0 Å². The van der Waals surface area contributed by atoms with Crippen LogP contribution in [0.3, 0.4) is 0 Å². The number of carbonyl (C=O) groups is 1. The van der Waals surface area contributed by atoms with Crippen LogP contribution in [0.5, 0.6) is 0 Å². The van der Waals surface area contributed by atoms with Gasteiger partial charge in [-0.1, -0.05) is 0 Å². The van der Waals surface area contributed by atoms with Crippen LogP contribution >= 0.6 is 0 Å². The van der Waals surface area contributed by atoms with Gasteiger partial charge in [0.2, 0.25) is 0 Å². The van der Waals surface area contributed by atoms with Crippen LogP contribution in [0, 0.1) is 0 Å². The van der Waals surface area contributed by atoms with Crippen molar-refractivity contribution in [3.63, 3.8) is 0 Å². The standard InChI is InChI=1S/C11H12O3S/c1-8(11(12)13)7-9-3-5-10(6-4-9)15(2)14/h3-7H,1-2H3,(H,12,13). The van der Waals surface area contributed by atoms with Crippen molar-refractivity contribution in [1.29, 1.82) is 0 Å². The Morgan fingerprint density at radius 1 is 1.40 bits per heavy atom. The van der Waals surface area contributed by atoms with Crippen LogP contribution in [-0.2, 0) is 16.0 Å². The summed E-state index contributed by atoms with van der Waals surface area (Å²) in [7, 11) is 0. The minimum atomic E-state index is -0.996. The van der Waals surface area contributed by atoms with E-state index in [9.17, 15) is 9.35 Å². The molecule has 0 amide bonds. The van der Waals surface area contributed by atoms with Crippen molar-refractivity contribution in [2.45, 2.75) is 11.8 Å². The number of carboxylic acids is 1. The summed E-state index contributed by atoms with van der Waals surface area (Å²) in [4.78, 5) is 11.3. The molecule has 0 aromatic heterocycles. The zero-order valence-corrected chi connectivity index (χ0v) is 9.38. The van der Waals surface area contributed by atoms with Crippen LogP contribution < -0.4 is 0 Å². The highest BCUT2D eigenvalue weighted by atomic mass is 32.2. The fourth-order valence-electron chi connectivity index (χ4n) is 1.07. The van der Waals surface area contributed by atoms with E-state index in [4.69, 9.17) is 5.11 Å². The summed E-state index contributed by atoms with van der Waals surface area (Å²) in [6, 6.07) is 6.97. The lowest BCUT2D eigenvalue weighted by Crippen LogP contribution is -1.97. The van der Waals surface area contributed by atoms with E-state index in [0.717, 1.165) is 10.5 Å². The third-order valence-electron chi connectivity index (χ3n) is 1.93. The van der Waals surface area contributed by atoms with Gasteiger partial charge in [0.1, 0.15) is 6.26 Å². The zero-order valence-electron chi connectivity index (χ0n) is 8.56. The lowest BCUT2D eigenvalue weighted by Gasteiger charge is -2.03. The second kappa shape index (κ2) is 5.00. The fourth-order valence-corrected chi connectivity index (χ4v) is 1.59. The molecule has 1 unspecified atom stereocenters. The molecule has 1 aromatic carbocycles. The van der Waals surface area contributed by atoms with Crippen molar-refractivity contribution in [2.24, 2.45) is 0 Å². The Hall–Kier alpha value is -1.26. The van der Waals surface area contributed by atoms with Crippen LogP contribution in [-0.4, -0.2) is 21.9 Å². The first-order valence-electron chi connectivity index (χ1n) is 4.36. The van der Waals surface area contributed by atoms with Crippen LogP contribution in [0.15, 0.2) is 34.7 Å². The van der Waals surface area contributed by atoms with Crippen molar-refractivity contribution >= 4 is 23.2 Å². The molecular weight excluding hydrogens is 212 g/mol. The molecule has 1 aromatic rings. The molecule has 0 saturated heterocycles. The molecule has 80 valence electrons. The molecule has 0 radical (unpaired) electrons. The van der Waals surface area contributed by atoms with E-state index >= 15 is 0 Å². The Labute approximate surface area is 91.6 Å². The number of rotatable bonds is 3. The summed E-state index contributed by atoms with van der Waals surface area (Å²) in [6.45, 7) is 1.54. The smallest absolute Gasteiger partial charge is 0.331 e. The molecule has 1 rings (SSSR count). The van der Waals surface area contributed by atoms with Crippen LogP contribution in [0.2, 0.25) is 0 Å². The molecular formula is C11H12O3S. The second-order valence-corrected chi connectivity index (χ2v) is 4.54. The van der Waals surface area contributed by atoms with Gasteiger partial charge in [0.15, 0.2) is 4.90 Å². The Morgan fingerprint density at radius 3 is 2.33 bits per heavy atom. The summed E-state index contributed by atoms with van der Waals surface area (Å²) in [5.74, 6) is -0.932. The van der Waals surface area contributed by atoms with Crippen LogP contribution in [0.25, 0.3) is 6.08 Å². The first kappa shape index (κ1) is 11.8. The Kier molecular flexibility index (Phi) is 3.94. The second-order valence-electron chi connectivity index (χ2n) is 3.16. The monoisotopic (exact) mass is 224 g/mol. The molecule has 15 heavy (non-hydrogen) atoms. The van der Waals surface area contributed by atoms with Gasteiger partial charge in [-0.05, 0) is 54.0 Å². The van der Waals surface area contributed by atoms with E-state index < -0.39 is 17.1 Å². The van der Waals surface area contributed by atoms with Gasteiger partial charge in [-0.25, -0.2) is 4.79 Å². The molecule has 0 saturated carbocycles. The number of carboxylic acid groups (broad SMARTS) is 1. The predicted octanol–water partition coefficient (Wildman–Crippen LogP) is 1.91. The van der Waals surface area contributed by atoms with Crippen LogP contribution in [0.1, 0.15) is 12.5 Å². The molecule has 0 spiro atoms. The van der Waals surface area contributed by atoms with Gasteiger partial charge < -0.3 is 9.66 Å². The number of hydrogen-bond donors (Lipinski definition) is 1. The maximum Gasteiger partial charge on any atom is 0.331 e. The first-order chi connectivity index (χ1) is 7.00. The third-order valence-corrected chi connectivity index (χ3v) is 2.87. The molecule has 1 N–H and O–H groups in total.